The topological polar surface area (TPSA) is 48.0 Å². The highest BCUT2D eigenvalue weighted by Gasteiger charge is 2.29. The summed E-state index contributed by atoms with van der Waals surface area (Å²) < 4.78 is 16.3. The number of morpholine rings is 1. The van der Waals surface area contributed by atoms with E-state index in [1.807, 2.05) is 0 Å². The van der Waals surface area contributed by atoms with Crippen LogP contribution >= 0.6 is 0 Å². The van der Waals surface area contributed by atoms with Gasteiger partial charge in [0.05, 0.1) is 19.3 Å². The highest BCUT2D eigenvalue weighted by Crippen LogP contribution is 2.15. The average molecular weight is 271 g/mol. The Kier molecular flexibility index (Phi) is 6.07. The first kappa shape index (κ1) is 14.8. The molecule has 110 valence electrons. The van der Waals surface area contributed by atoms with Crippen LogP contribution in [0.3, 0.4) is 0 Å². The SMILES string of the molecule is CCC[C@H](C(=O)OC[C@@H]1CCCO1)N1CCOCC1. The Hall–Kier alpha value is -0.650. The van der Waals surface area contributed by atoms with E-state index in [1.54, 1.807) is 0 Å². The number of hydrogen-bond acceptors (Lipinski definition) is 5. The predicted octanol–water partition coefficient (Wildman–Crippen LogP) is 1.21. The molecular formula is C14H25NO4. The van der Waals surface area contributed by atoms with Crippen LogP contribution in [0, 0.1) is 0 Å². The molecule has 0 N–H and O–H groups in total. The zero-order chi connectivity index (χ0) is 13.5. The van der Waals surface area contributed by atoms with Crippen LogP contribution in [0.4, 0.5) is 0 Å². The molecule has 2 atom stereocenters. The predicted molar refractivity (Wildman–Crippen MR) is 71.0 cm³/mol. The van der Waals surface area contributed by atoms with Crippen LogP contribution in [-0.4, -0.2) is 62.5 Å². The Labute approximate surface area is 115 Å². The molecule has 2 aliphatic heterocycles. The van der Waals surface area contributed by atoms with Gasteiger partial charge >= 0.3 is 5.97 Å². The zero-order valence-corrected chi connectivity index (χ0v) is 11.8. The molecule has 0 amide bonds. The van der Waals surface area contributed by atoms with Gasteiger partial charge in [-0.15, -0.1) is 0 Å². The van der Waals surface area contributed by atoms with E-state index in [2.05, 4.69) is 11.8 Å². The lowest BCUT2D eigenvalue weighted by Crippen LogP contribution is -2.48. The number of carbonyl (C=O) groups is 1. The van der Waals surface area contributed by atoms with Crippen LogP contribution < -0.4 is 0 Å². The van der Waals surface area contributed by atoms with E-state index in [9.17, 15) is 4.79 Å². The molecule has 0 unspecified atom stereocenters. The molecule has 5 nitrogen and oxygen atoms in total. The maximum absolute atomic E-state index is 12.2. The first-order valence-corrected chi connectivity index (χ1v) is 7.41. The van der Waals surface area contributed by atoms with Crippen LogP contribution in [0.15, 0.2) is 0 Å². The van der Waals surface area contributed by atoms with Crippen molar-refractivity contribution >= 4 is 5.97 Å². The first-order valence-electron chi connectivity index (χ1n) is 7.41. The number of hydrogen-bond donors (Lipinski definition) is 0. The van der Waals surface area contributed by atoms with E-state index >= 15 is 0 Å². The molecule has 0 spiro atoms. The van der Waals surface area contributed by atoms with Crippen LogP contribution in [0.5, 0.6) is 0 Å². The molecule has 2 aliphatic rings. The summed E-state index contributed by atoms with van der Waals surface area (Å²) in [6.45, 7) is 6.35. The molecule has 0 radical (unpaired) electrons. The number of rotatable bonds is 6. The summed E-state index contributed by atoms with van der Waals surface area (Å²) in [4.78, 5) is 14.4. The smallest absolute Gasteiger partial charge is 0.323 e. The number of carbonyl (C=O) groups excluding carboxylic acids is 1. The maximum atomic E-state index is 12.2. The van der Waals surface area contributed by atoms with Gasteiger partial charge in [-0.25, -0.2) is 0 Å². The van der Waals surface area contributed by atoms with E-state index in [0.29, 0.717) is 19.8 Å². The molecule has 0 aromatic carbocycles. The van der Waals surface area contributed by atoms with Crippen molar-refractivity contribution in [2.24, 2.45) is 0 Å². The van der Waals surface area contributed by atoms with Crippen molar-refractivity contribution in [3.05, 3.63) is 0 Å². The quantitative estimate of drug-likeness (QED) is 0.680. The number of nitrogens with zero attached hydrogens (tertiary/aromatic N) is 1. The van der Waals surface area contributed by atoms with Crippen molar-refractivity contribution in [3.63, 3.8) is 0 Å². The average Bonchev–Trinajstić information content (AvgIpc) is 2.96. The molecule has 0 aromatic rings. The monoisotopic (exact) mass is 271 g/mol. The summed E-state index contributed by atoms with van der Waals surface area (Å²) in [5.74, 6) is -0.0979. The summed E-state index contributed by atoms with van der Waals surface area (Å²) >= 11 is 0. The fraction of sp³-hybridized carbons (Fsp3) is 0.929. The fourth-order valence-corrected chi connectivity index (χ4v) is 2.66. The van der Waals surface area contributed by atoms with Gasteiger partial charge in [0, 0.05) is 19.7 Å². The maximum Gasteiger partial charge on any atom is 0.323 e. The van der Waals surface area contributed by atoms with Gasteiger partial charge in [0.2, 0.25) is 0 Å². The first-order chi connectivity index (χ1) is 9.31. The Morgan fingerprint density at radius 1 is 1.37 bits per heavy atom. The molecule has 2 fully saturated rings. The van der Waals surface area contributed by atoms with Crippen molar-refractivity contribution < 1.29 is 19.0 Å². The highest BCUT2D eigenvalue weighted by atomic mass is 16.6. The van der Waals surface area contributed by atoms with Gasteiger partial charge in [-0.1, -0.05) is 13.3 Å². The normalized spacial score (nSPS) is 26.3. The van der Waals surface area contributed by atoms with E-state index in [0.717, 1.165) is 45.4 Å². The van der Waals surface area contributed by atoms with E-state index in [1.165, 1.54) is 0 Å². The molecule has 19 heavy (non-hydrogen) atoms. The standard InChI is InChI=1S/C14H25NO4/c1-2-4-13(15-6-9-17-10-7-15)14(16)19-11-12-5-3-8-18-12/h12-13H,2-11H2,1H3/t12-,13+/m0/s1. The van der Waals surface area contributed by atoms with Gasteiger partial charge in [-0.2, -0.15) is 0 Å². The van der Waals surface area contributed by atoms with Gasteiger partial charge in [-0.3, -0.25) is 9.69 Å². The molecule has 2 rings (SSSR count). The van der Waals surface area contributed by atoms with E-state index in [4.69, 9.17) is 14.2 Å². The summed E-state index contributed by atoms with van der Waals surface area (Å²) in [7, 11) is 0. The molecule has 2 heterocycles. The lowest BCUT2D eigenvalue weighted by Gasteiger charge is -2.33. The fourth-order valence-electron chi connectivity index (χ4n) is 2.66. The van der Waals surface area contributed by atoms with Gasteiger partial charge < -0.3 is 14.2 Å². The van der Waals surface area contributed by atoms with Crippen molar-refractivity contribution in [1.82, 2.24) is 4.90 Å². The molecule has 5 heteroatoms. The summed E-state index contributed by atoms with van der Waals surface area (Å²) in [6.07, 6.45) is 4.02. The van der Waals surface area contributed by atoms with E-state index < -0.39 is 0 Å². The van der Waals surface area contributed by atoms with E-state index in [-0.39, 0.29) is 18.1 Å². The number of esters is 1. The van der Waals surface area contributed by atoms with Gasteiger partial charge in [-0.05, 0) is 19.3 Å². The Morgan fingerprint density at radius 2 is 2.16 bits per heavy atom. The van der Waals surface area contributed by atoms with Crippen molar-refractivity contribution in [1.29, 1.82) is 0 Å². The molecule has 2 saturated heterocycles. The zero-order valence-electron chi connectivity index (χ0n) is 11.8. The summed E-state index contributed by atoms with van der Waals surface area (Å²) in [6, 6.07) is -0.115. The van der Waals surface area contributed by atoms with Crippen LogP contribution in [0.1, 0.15) is 32.6 Å². The second kappa shape index (κ2) is 7.82. The summed E-state index contributed by atoms with van der Waals surface area (Å²) in [5, 5.41) is 0. The number of ether oxygens (including phenoxy) is 3. The molecule has 0 aliphatic carbocycles. The van der Waals surface area contributed by atoms with Crippen LogP contribution in [-0.2, 0) is 19.0 Å². The Morgan fingerprint density at radius 3 is 2.79 bits per heavy atom. The van der Waals surface area contributed by atoms with Gasteiger partial charge in [0.25, 0.3) is 0 Å². The van der Waals surface area contributed by atoms with Crippen molar-refractivity contribution in [2.75, 3.05) is 39.5 Å². The molecular weight excluding hydrogens is 246 g/mol. The third-order valence-corrected chi connectivity index (χ3v) is 3.76. The minimum atomic E-state index is -0.115. The van der Waals surface area contributed by atoms with Crippen LogP contribution in [0.2, 0.25) is 0 Å². The Balaban J connectivity index is 1.80. The lowest BCUT2D eigenvalue weighted by molar-refractivity contribution is -0.155. The third kappa shape index (κ3) is 4.44. The second-order valence-corrected chi connectivity index (χ2v) is 5.22. The minimum Gasteiger partial charge on any atom is -0.462 e. The van der Waals surface area contributed by atoms with Crippen LogP contribution in [0.25, 0.3) is 0 Å². The molecule has 0 bridgehead atoms. The Bertz CT molecular complexity index is 273. The lowest BCUT2D eigenvalue weighted by atomic mass is 10.1. The second-order valence-electron chi connectivity index (χ2n) is 5.22. The van der Waals surface area contributed by atoms with Gasteiger partial charge in [0.1, 0.15) is 12.6 Å². The summed E-state index contributed by atoms with van der Waals surface area (Å²) in [5.41, 5.74) is 0. The van der Waals surface area contributed by atoms with Crippen molar-refractivity contribution in [2.45, 2.75) is 44.8 Å². The molecule has 0 aromatic heterocycles. The third-order valence-electron chi connectivity index (χ3n) is 3.76. The highest BCUT2D eigenvalue weighted by molar-refractivity contribution is 5.75. The molecule has 0 saturated carbocycles. The van der Waals surface area contributed by atoms with Gasteiger partial charge in [0.15, 0.2) is 0 Å². The largest absolute Gasteiger partial charge is 0.462 e. The van der Waals surface area contributed by atoms with Crippen molar-refractivity contribution in [3.8, 4) is 0 Å². The minimum absolute atomic E-state index is 0.0979.